The summed E-state index contributed by atoms with van der Waals surface area (Å²) in [6, 6.07) is 7.36. The van der Waals surface area contributed by atoms with E-state index < -0.39 is 0 Å². The molecule has 2 rings (SSSR count). The van der Waals surface area contributed by atoms with Crippen LogP contribution in [0.1, 0.15) is 30.4 Å². The van der Waals surface area contributed by atoms with Crippen LogP contribution in [0, 0.1) is 0 Å². The lowest BCUT2D eigenvalue weighted by atomic mass is 9.93. The van der Waals surface area contributed by atoms with Crippen molar-refractivity contribution in [1.82, 2.24) is 10.6 Å². The van der Waals surface area contributed by atoms with Gasteiger partial charge >= 0.3 is 6.03 Å². The highest BCUT2D eigenvalue weighted by molar-refractivity contribution is 5.97. The van der Waals surface area contributed by atoms with Gasteiger partial charge in [0.1, 0.15) is 0 Å². The first-order valence-electron chi connectivity index (χ1n) is 6.30. The minimum Gasteiger partial charge on any atom is -0.409 e. The van der Waals surface area contributed by atoms with Crippen LogP contribution in [0.15, 0.2) is 29.4 Å². The predicted molar refractivity (Wildman–Crippen MR) is 72.0 cm³/mol. The Morgan fingerprint density at radius 2 is 2.26 bits per heavy atom. The maximum Gasteiger partial charge on any atom is 0.315 e. The molecule has 0 heterocycles. The molecule has 2 amide bonds. The summed E-state index contributed by atoms with van der Waals surface area (Å²) < 4.78 is 0. The molecule has 1 aromatic rings. The molecule has 0 spiro atoms. The van der Waals surface area contributed by atoms with Crippen LogP contribution in [-0.2, 0) is 6.54 Å². The quantitative estimate of drug-likeness (QED) is 0.283. The number of amides is 2. The first kappa shape index (κ1) is 13.2. The molecule has 1 aliphatic rings. The molecular weight excluding hydrogens is 244 g/mol. The van der Waals surface area contributed by atoms with Gasteiger partial charge in [-0.25, -0.2) is 4.79 Å². The molecular formula is C13H18N4O2. The minimum atomic E-state index is -0.154. The van der Waals surface area contributed by atoms with Crippen molar-refractivity contribution in [2.75, 3.05) is 0 Å². The lowest BCUT2D eigenvalue weighted by Gasteiger charge is -2.26. The second-order valence-electron chi connectivity index (χ2n) is 4.64. The third kappa shape index (κ3) is 3.61. The fraction of sp³-hybridized carbons (Fsp3) is 0.385. The third-order valence-electron chi connectivity index (χ3n) is 3.22. The normalized spacial score (nSPS) is 15.7. The number of benzene rings is 1. The number of carbonyl (C=O) groups is 1. The molecule has 1 saturated carbocycles. The van der Waals surface area contributed by atoms with Crippen molar-refractivity contribution in [2.24, 2.45) is 10.9 Å². The van der Waals surface area contributed by atoms with E-state index in [-0.39, 0.29) is 11.9 Å². The molecule has 5 N–H and O–H groups in total. The molecule has 0 aromatic heterocycles. The maximum atomic E-state index is 11.6. The summed E-state index contributed by atoms with van der Waals surface area (Å²) in [5.41, 5.74) is 7.03. The summed E-state index contributed by atoms with van der Waals surface area (Å²) in [5, 5.41) is 17.2. The van der Waals surface area contributed by atoms with E-state index in [1.54, 1.807) is 18.2 Å². The number of nitrogens with zero attached hydrogens (tertiary/aromatic N) is 1. The fourth-order valence-corrected chi connectivity index (χ4v) is 1.87. The standard InChI is InChI=1S/C13H18N4O2/c14-12(17-19)10-4-1-3-9(7-10)8-15-13(18)16-11-5-2-6-11/h1,3-4,7,11,19H,2,5-6,8H2,(H2,14,17)(H2,15,16,18). The highest BCUT2D eigenvalue weighted by Crippen LogP contribution is 2.17. The number of hydrogen-bond donors (Lipinski definition) is 4. The Bertz CT molecular complexity index is 483. The Labute approximate surface area is 111 Å². The average molecular weight is 262 g/mol. The van der Waals surface area contributed by atoms with Crippen LogP contribution in [0.2, 0.25) is 0 Å². The highest BCUT2D eigenvalue weighted by atomic mass is 16.4. The zero-order valence-electron chi connectivity index (χ0n) is 10.6. The second kappa shape index (κ2) is 6.08. The topological polar surface area (TPSA) is 99.7 Å². The van der Waals surface area contributed by atoms with Crippen molar-refractivity contribution in [1.29, 1.82) is 0 Å². The number of urea groups is 1. The maximum absolute atomic E-state index is 11.6. The Hall–Kier alpha value is -2.24. The van der Waals surface area contributed by atoms with Crippen LogP contribution in [0.3, 0.4) is 0 Å². The average Bonchev–Trinajstić information content (AvgIpc) is 2.40. The van der Waals surface area contributed by atoms with Crippen LogP contribution in [0.5, 0.6) is 0 Å². The van der Waals surface area contributed by atoms with E-state index in [1.165, 1.54) is 6.42 Å². The molecule has 1 aliphatic carbocycles. The van der Waals surface area contributed by atoms with Gasteiger partial charge in [-0.1, -0.05) is 23.4 Å². The summed E-state index contributed by atoms with van der Waals surface area (Å²) >= 11 is 0. The van der Waals surface area contributed by atoms with Crippen molar-refractivity contribution in [3.63, 3.8) is 0 Å². The Morgan fingerprint density at radius 3 is 2.89 bits per heavy atom. The first-order valence-corrected chi connectivity index (χ1v) is 6.30. The van der Waals surface area contributed by atoms with Crippen molar-refractivity contribution in [3.8, 4) is 0 Å². The molecule has 0 bridgehead atoms. The van der Waals surface area contributed by atoms with Crippen LogP contribution in [0.25, 0.3) is 0 Å². The predicted octanol–water partition coefficient (Wildman–Crippen LogP) is 1.13. The lowest BCUT2D eigenvalue weighted by molar-refractivity contribution is 0.228. The molecule has 0 unspecified atom stereocenters. The lowest BCUT2D eigenvalue weighted by Crippen LogP contribution is -2.44. The van der Waals surface area contributed by atoms with E-state index in [0.29, 0.717) is 18.2 Å². The zero-order chi connectivity index (χ0) is 13.7. The van der Waals surface area contributed by atoms with Gasteiger partial charge in [0.25, 0.3) is 0 Å². The number of nitrogens with two attached hydrogens (primary N) is 1. The summed E-state index contributed by atoms with van der Waals surface area (Å²) in [6.07, 6.45) is 3.31. The van der Waals surface area contributed by atoms with Gasteiger partial charge in [-0.05, 0) is 30.9 Å². The summed E-state index contributed by atoms with van der Waals surface area (Å²) in [6.45, 7) is 0.408. The Morgan fingerprint density at radius 1 is 1.47 bits per heavy atom. The van der Waals surface area contributed by atoms with E-state index in [4.69, 9.17) is 10.9 Å². The molecule has 19 heavy (non-hydrogen) atoms. The molecule has 1 aromatic carbocycles. The van der Waals surface area contributed by atoms with Crippen LogP contribution >= 0.6 is 0 Å². The number of oxime groups is 1. The van der Waals surface area contributed by atoms with Gasteiger partial charge in [0.15, 0.2) is 5.84 Å². The number of carbonyl (C=O) groups excluding carboxylic acids is 1. The zero-order valence-corrected chi connectivity index (χ0v) is 10.6. The molecule has 6 nitrogen and oxygen atoms in total. The van der Waals surface area contributed by atoms with Gasteiger partial charge in [-0.2, -0.15) is 0 Å². The highest BCUT2D eigenvalue weighted by Gasteiger charge is 2.18. The summed E-state index contributed by atoms with van der Waals surface area (Å²) in [4.78, 5) is 11.6. The van der Waals surface area contributed by atoms with Gasteiger partial charge in [-0.3, -0.25) is 0 Å². The van der Waals surface area contributed by atoms with Gasteiger partial charge in [0, 0.05) is 18.2 Å². The van der Waals surface area contributed by atoms with Gasteiger partial charge in [0.05, 0.1) is 0 Å². The molecule has 0 atom stereocenters. The van der Waals surface area contributed by atoms with E-state index in [9.17, 15) is 4.79 Å². The van der Waals surface area contributed by atoms with Gasteiger partial charge in [0.2, 0.25) is 0 Å². The Balaban J connectivity index is 1.86. The summed E-state index contributed by atoms with van der Waals surface area (Å²) in [5.74, 6) is 0.0563. The molecule has 6 heteroatoms. The van der Waals surface area contributed by atoms with E-state index in [2.05, 4.69) is 15.8 Å². The van der Waals surface area contributed by atoms with E-state index in [1.807, 2.05) is 6.07 Å². The van der Waals surface area contributed by atoms with Crippen molar-refractivity contribution < 1.29 is 10.0 Å². The SMILES string of the molecule is N/C(=N/O)c1cccc(CNC(=O)NC2CCC2)c1. The smallest absolute Gasteiger partial charge is 0.315 e. The number of amidine groups is 1. The van der Waals surface area contributed by atoms with Crippen LogP contribution in [0.4, 0.5) is 4.79 Å². The second-order valence-corrected chi connectivity index (χ2v) is 4.64. The first-order chi connectivity index (χ1) is 9.19. The van der Waals surface area contributed by atoms with Crippen LogP contribution < -0.4 is 16.4 Å². The molecule has 1 fully saturated rings. The van der Waals surface area contributed by atoms with Crippen LogP contribution in [-0.4, -0.2) is 23.1 Å². The number of nitrogens with one attached hydrogen (secondary N) is 2. The largest absolute Gasteiger partial charge is 0.409 e. The molecule has 0 radical (unpaired) electrons. The van der Waals surface area contributed by atoms with E-state index >= 15 is 0 Å². The van der Waals surface area contributed by atoms with Gasteiger partial charge in [-0.15, -0.1) is 0 Å². The Kier molecular flexibility index (Phi) is 4.22. The summed E-state index contributed by atoms with van der Waals surface area (Å²) in [7, 11) is 0. The molecule has 102 valence electrons. The number of hydrogen-bond acceptors (Lipinski definition) is 3. The fourth-order valence-electron chi connectivity index (χ4n) is 1.87. The monoisotopic (exact) mass is 262 g/mol. The van der Waals surface area contributed by atoms with Crippen molar-refractivity contribution >= 4 is 11.9 Å². The van der Waals surface area contributed by atoms with E-state index in [0.717, 1.165) is 18.4 Å². The number of rotatable bonds is 4. The van der Waals surface area contributed by atoms with Gasteiger partial charge < -0.3 is 21.6 Å². The molecule has 0 aliphatic heterocycles. The molecule has 0 saturated heterocycles. The van der Waals surface area contributed by atoms with Crippen molar-refractivity contribution in [2.45, 2.75) is 31.8 Å². The third-order valence-corrected chi connectivity index (χ3v) is 3.22. The minimum absolute atomic E-state index is 0.0563. The van der Waals surface area contributed by atoms with Crippen molar-refractivity contribution in [3.05, 3.63) is 35.4 Å².